The summed E-state index contributed by atoms with van der Waals surface area (Å²) in [7, 11) is 0. The third-order valence-corrected chi connectivity index (χ3v) is 1.62. The van der Waals surface area contributed by atoms with Gasteiger partial charge in [-0.15, -0.1) is 0 Å². The molecule has 0 bridgehead atoms. The summed E-state index contributed by atoms with van der Waals surface area (Å²) in [6, 6.07) is 0. The molecule has 0 atom stereocenters. The summed E-state index contributed by atoms with van der Waals surface area (Å²) < 4.78 is 0. The molecular weight excluding hydrogens is 170 g/mol. The molecule has 1 amide bonds. The van der Waals surface area contributed by atoms with E-state index in [9.17, 15) is 9.59 Å². The van der Waals surface area contributed by atoms with E-state index in [2.05, 4.69) is 5.32 Å². The molecule has 0 saturated carbocycles. The number of hydrogen-bond acceptors (Lipinski definition) is 2. The maximum Gasteiger partial charge on any atom is 0.303 e. The van der Waals surface area contributed by atoms with E-state index in [1.807, 2.05) is 6.92 Å². The summed E-state index contributed by atoms with van der Waals surface area (Å²) in [5.74, 6) is -0.777. The lowest BCUT2D eigenvalue weighted by atomic mass is 10.2. The quantitative estimate of drug-likeness (QED) is 0.588. The molecule has 4 heteroatoms. The van der Waals surface area contributed by atoms with Crippen molar-refractivity contribution < 1.29 is 14.7 Å². The minimum Gasteiger partial charge on any atom is -0.481 e. The van der Waals surface area contributed by atoms with Crippen molar-refractivity contribution in [3.05, 3.63) is 0 Å². The number of amides is 1. The molecule has 0 aromatic carbocycles. The minimum absolute atomic E-state index is 0.0206. The van der Waals surface area contributed by atoms with Gasteiger partial charge in [0.2, 0.25) is 5.91 Å². The monoisotopic (exact) mass is 187 g/mol. The summed E-state index contributed by atoms with van der Waals surface area (Å²) in [6.45, 7) is 2.70. The van der Waals surface area contributed by atoms with E-state index in [0.717, 1.165) is 6.42 Å². The summed E-state index contributed by atoms with van der Waals surface area (Å²) >= 11 is 0. The summed E-state index contributed by atoms with van der Waals surface area (Å²) in [4.78, 5) is 21.1. The molecule has 13 heavy (non-hydrogen) atoms. The Kier molecular flexibility index (Phi) is 6.96. The maximum absolute atomic E-state index is 11.0. The van der Waals surface area contributed by atoms with Crippen LogP contribution in [0.4, 0.5) is 0 Å². The van der Waals surface area contributed by atoms with Crippen molar-refractivity contribution in [2.24, 2.45) is 0 Å². The first-order chi connectivity index (χ1) is 6.16. The lowest BCUT2D eigenvalue weighted by Gasteiger charge is -2.01. The van der Waals surface area contributed by atoms with Crippen LogP contribution in [0, 0.1) is 0 Å². The maximum atomic E-state index is 11.0. The lowest BCUT2D eigenvalue weighted by Crippen LogP contribution is -2.23. The fraction of sp³-hybridized carbons (Fsp3) is 0.778. The zero-order valence-corrected chi connectivity index (χ0v) is 8.01. The van der Waals surface area contributed by atoms with Gasteiger partial charge in [0.1, 0.15) is 0 Å². The Morgan fingerprint density at radius 3 is 2.38 bits per heavy atom. The van der Waals surface area contributed by atoms with Crippen LogP contribution in [0.3, 0.4) is 0 Å². The molecule has 2 N–H and O–H groups in total. The Morgan fingerprint density at radius 1 is 1.23 bits per heavy atom. The minimum atomic E-state index is -0.797. The standard InChI is InChI=1S/C9H17NO3/c1-2-7-10-8(11)5-3-4-6-9(12)13/h2-7H2,1H3,(H,10,11)(H,12,13). The van der Waals surface area contributed by atoms with Gasteiger partial charge in [0.05, 0.1) is 0 Å². The molecule has 0 aromatic rings. The second-order valence-electron chi connectivity index (χ2n) is 2.95. The van der Waals surface area contributed by atoms with Gasteiger partial charge in [-0.2, -0.15) is 0 Å². The Hall–Kier alpha value is -1.06. The van der Waals surface area contributed by atoms with Gasteiger partial charge in [0.25, 0.3) is 0 Å². The van der Waals surface area contributed by atoms with E-state index >= 15 is 0 Å². The zero-order valence-electron chi connectivity index (χ0n) is 8.01. The second kappa shape index (κ2) is 7.58. The Labute approximate surface area is 78.3 Å². The van der Waals surface area contributed by atoms with Crippen molar-refractivity contribution in [1.82, 2.24) is 5.32 Å². The number of hydrogen-bond donors (Lipinski definition) is 2. The first-order valence-corrected chi connectivity index (χ1v) is 4.65. The molecule has 0 unspecified atom stereocenters. The smallest absolute Gasteiger partial charge is 0.303 e. The van der Waals surface area contributed by atoms with Crippen LogP contribution >= 0.6 is 0 Å². The van der Waals surface area contributed by atoms with Gasteiger partial charge in [-0.05, 0) is 19.3 Å². The molecule has 0 aliphatic carbocycles. The zero-order chi connectivity index (χ0) is 10.1. The Balaban J connectivity index is 3.22. The SMILES string of the molecule is CCCNC(=O)CCCCC(=O)O. The highest BCUT2D eigenvalue weighted by molar-refractivity contribution is 5.75. The van der Waals surface area contributed by atoms with Gasteiger partial charge in [0, 0.05) is 19.4 Å². The molecule has 0 heterocycles. The molecule has 4 nitrogen and oxygen atoms in total. The predicted molar refractivity (Wildman–Crippen MR) is 49.4 cm³/mol. The molecule has 0 aliphatic heterocycles. The van der Waals surface area contributed by atoms with Gasteiger partial charge < -0.3 is 10.4 Å². The third kappa shape index (κ3) is 8.85. The van der Waals surface area contributed by atoms with Gasteiger partial charge in [-0.1, -0.05) is 6.92 Å². The average Bonchev–Trinajstić information content (AvgIpc) is 2.08. The van der Waals surface area contributed by atoms with Gasteiger partial charge in [0.15, 0.2) is 0 Å². The summed E-state index contributed by atoms with van der Waals surface area (Å²) in [5, 5.41) is 11.1. The first-order valence-electron chi connectivity index (χ1n) is 4.65. The number of carbonyl (C=O) groups is 2. The number of rotatable bonds is 7. The average molecular weight is 187 g/mol. The van der Waals surface area contributed by atoms with Crippen LogP contribution in [0.5, 0.6) is 0 Å². The van der Waals surface area contributed by atoms with Crippen molar-refractivity contribution >= 4 is 11.9 Å². The largest absolute Gasteiger partial charge is 0.481 e. The molecule has 0 rings (SSSR count). The van der Waals surface area contributed by atoms with Crippen molar-refractivity contribution in [1.29, 1.82) is 0 Å². The highest BCUT2D eigenvalue weighted by atomic mass is 16.4. The van der Waals surface area contributed by atoms with E-state index in [-0.39, 0.29) is 12.3 Å². The Morgan fingerprint density at radius 2 is 1.85 bits per heavy atom. The second-order valence-corrected chi connectivity index (χ2v) is 2.95. The highest BCUT2D eigenvalue weighted by Gasteiger charge is 2.01. The van der Waals surface area contributed by atoms with Crippen LogP contribution in [0.1, 0.15) is 39.0 Å². The van der Waals surface area contributed by atoms with Crippen molar-refractivity contribution in [3.63, 3.8) is 0 Å². The molecular formula is C9H17NO3. The fourth-order valence-corrected chi connectivity index (χ4v) is 0.915. The van der Waals surface area contributed by atoms with Crippen LogP contribution in [-0.2, 0) is 9.59 Å². The number of nitrogens with one attached hydrogen (secondary N) is 1. The van der Waals surface area contributed by atoms with E-state index in [0.29, 0.717) is 25.8 Å². The molecule has 0 fully saturated rings. The van der Waals surface area contributed by atoms with Crippen LogP contribution in [-0.4, -0.2) is 23.5 Å². The highest BCUT2D eigenvalue weighted by Crippen LogP contribution is 1.99. The van der Waals surface area contributed by atoms with E-state index in [1.165, 1.54) is 0 Å². The number of carbonyl (C=O) groups excluding carboxylic acids is 1. The van der Waals surface area contributed by atoms with Crippen molar-refractivity contribution in [2.75, 3.05) is 6.54 Å². The van der Waals surface area contributed by atoms with E-state index in [4.69, 9.17) is 5.11 Å². The molecule has 0 aliphatic rings. The topological polar surface area (TPSA) is 66.4 Å². The predicted octanol–water partition coefficient (Wildman–Crippen LogP) is 1.16. The van der Waals surface area contributed by atoms with Crippen LogP contribution in [0.15, 0.2) is 0 Å². The van der Waals surface area contributed by atoms with Gasteiger partial charge in [-0.3, -0.25) is 9.59 Å². The van der Waals surface area contributed by atoms with Crippen LogP contribution in [0.25, 0.3) is 0 Å². The fourth-order valence-electron chi connectivity index (χ4n) is 0.915. The van der Waals surface area contributed by atoms with E-state index in [1.54, 1.807) is 0 Å². The number of carboxylic acid groups (broad SMARTS) is 1. The molecule has 0 spiro atoms. The van der Waals surface area contributed by atoms with Gasteiger partial charge >= 0.3 is 5.97 Å². The summed E-state index contributed by atoms with van der Waals surface area (Å²) in [5.41, 5.74) is 0. The van der Waals surface area contributed by atoms with Crippen LogP contribution in [0.2, 0.25) is 0 Å². The van der Waals surface area contributed by atoms with E-state index < -0.39 is 5.97 Å². The Bertz CT molecular complexity index is 168. The van der Waals surface area contributed by atoms with Crippen molar-refractivity contribution in [3.8, 4) is 0 Å². The van der Waals surface area contributed by atoms with Gasteiger partial charge in [-0.25, -0.2) is 0 Å². The molecule has 0 radical (unpaired) electrons. The lowest BCUT2D eigenvalue weighted by molar-refractivity contribution is -0.137. The molecule has 76 valence electrons. The third-order valence-electron chi connectivity index (χ3n) is 1.62. The summed E-state index contributed by atoms with van der Waals surface area (Å²) in [6.07, 6.45) is 2.76. The normalized spacial score (nSPS) is 9.62. The van der Waals surface area contributed by atoms with Crippen molar-refractivity contribution in [2.45, 2.75) is 39.0 Å². The molecule has 0 aromatic heterocycles. The number of carboxylic acids is 1. The number of unbranched alkanes of at least 4 members (excludes halogenated alkanes) is 1. The molecule has 0 saturated heterocycles. The van der Waals surface area contributed by atoms with Crippen LogP contribution < -0.4 is 5.32 Å². The first kappa shape index (κ1) is 11.9. The number of aliphatic carboxylic acids is 1.